The first-order valence-electron chi connectivity index (χ1n) is 12.7. The zero-order chi connectivity index (χ0) is 24.5. The molecule has 8 nitrogen and oxygen atoms in total. The van der Waals surface area contributed by atoms with Crippen LogP contribution in [0.25, 0.3) is 0 Å². The fourth-order valence-corrected chi connectivity index (χ4v) is 5.42. The summed E-state index contributed by atoms with van der Waals surface area (Å²) in [5.41, 5.74) is 1.56. The smallest absolute Gasteiger partial charge is 0.415 e. The summed E-state index contributed by atoms with van der Waals surface area (Å²) in [4.78, 5) is 27.7. The van der Waals surface area contributed by atoms with Gasteiger partial charge in [-0.05, 0) is 49.9 Å². The van der Waals surface area contributed by atoms with Crippen LogP contribution >= 0.6 is 0 Å². The van der Waals surface area contributed by atoms with E-state index in [1.54, 1.807) is 23.2 Å². The summed E-state index contributed by atoms with van der Waals surface area (Å²) in [6.07, 6.45) is 3.75. The molecule has 3 aliphatic rings. The Balaban J connectivity index is 1.24. The Morgan fingerprint density at radius 3 is 2.86 bits per heavy atom. The molecule has 9 heteroatoms. The zero-order valence-electron chi connectivity index (χ0n) is 20.8. The van der Waals surface area contributed by atoms with Crippen molar-refractivity contribution < 1.29 is 13.9 Å². The van der Waals surface area contributed by atoms with Gasteiger partial charge in [-0.15, -0.1) is 0 Å². The van der Waals surface area contributed by atoms with Crippen LogP contribution in [0.5, 0.6) is 0 Å². The lowest BCUT2D eigenvalue weighted by Gasteiger charge is -2.37. The van der Waals surface area contributed by atoms with Crippen LogP contribution in [0.2, 0.25) is 0 Å². The molecule has 3 unspecified atom stereocenters. The van der Waals surface area contributed by atoms with Crippen LogP contribution in [0.1, 0.15) is 50.8 Å². The summed E-state index contributed by atoms with van der Waals surface area (Å²) in [6, 6.07) is 7.53. The number of piperazine rings is 1. The molecule has 3 atom stereocenters. The van der Waals surface area contributed by atoms with Gasteiger partial charge in [0.25, 0.3) is 0 Å². The van der Waals surface area contributed by atoms with Crippen molar-refractivity contribution in [2.24, 2.45) is 5.92 Å². The van der Waals surface area contributed by atoms with Gasteiger partial charge >= 0.3 is 6.09 Å². The number of benzene rings is 1. The molecule has 5 rings (SSSR count). The Hall–Kier alpha value is -2.78. The third-order valence-electron chi connectivity index (χ3n) is 7.55. The molecule has 4 heterocycles. The van der Waals surface area contributed by atoms with Gasteiger partial charge in [-0.1, -0.05) is 26.0 Å². The van der Waals surface area contributed by atoms with Crippen molar-refractivity contribution in [3.63, 3.8) is 0 Å². The summed E-state index contributed by atoms with van der Waals surface area (Å²) < 4.78 is 20.3. The number of hydrogen-bond donors (Lipinski definition) is 1. The molecule has 1 aromatic heterocycles. The number of fused-ring (bicyclic) bond motifs is 1. The number of cyclic esters (lactones) is 1. The second kappa shape index (κ2) is 10.1. The number of anilines is 2. The van der Waals surface area contributed by atoms with E-state index in [9.17, 15) is 4.79 Å². The van der Waals surface area contributed by atoms with Crippen molar-refractivity contribution in [2.75, 3.05) is 43.0 Å². The van der Waals surface area contributed by atoms with Crippen molar-refractivity contribution in [1.29, 1.82) is 0 Å². The summed E-state index contributed by atoms with van der Waals surface area (Å²) in [6.45, 7) is 11.3. The Morgan fingerprint density at radius 2 is 2.06 bits per heavy atom. The number of nitrogens with one attached hydrogen (secondary N) is 1. The summed E-state index contributed by atoms with van der Waals surface area (Å²) in [7, 11) is 0. The standard InChI is InChI=1S/C26H35FN6O2/c1-17(2)23-16-35-26(34)33(23)24-8-9-28-25(30-24)29-18(3)19-6-7-20(22(27)13-19)14-31-11-12-32-10-4-5-21(32)15-31/h6-9,13,17-18,21,23H,4-5,10-12,14-16H2,1-3H3,(H,28,29,30). The first-order valence-corrected chi connectivity index (χ1v) is 12.7. The minimum absolute atomic E-state index is 0.0686. The fourth-order valence-electron chi connectivity index (χ4n) is 5.42. The third-order valence-corrected chi connectivity index (χ3v) is 7.55. The van der Waals surface area contributed by atoms with Crippen molar-refractivity contribution >= 4 is 17.9 Å². The van der Waals surface area contributed by atoms with Crippen LogP contribution in [0.3, 0.4) is 0 Å². The largest absolute Gasteiger partial charge is 0.447 e. The maximum absolute atomic E-state index is 15.0. The van der Waals surface area contributed by atoms with E-state index in [2.05, 4.69) is 38.9 Å². The molecule has 3 aliphatic heterocycles. The first-order chi connectivity index (χ1) is 16.9. The van der Waals surface area contributed by atoms with Crippen LogP contribution in [-0.4, -0.2) is 70.7 Å². The highest BCUT2D eigenvalue weighted by Crippen LogP contribution is 2.28. The highest BCUT2D eigenvalue weighted by atomic mass is 19.1. The van der Waals surface area contributed by atoms with E-state index in [1.807, 2.05) is 19.1 Å². The Bertz CT molecular complexity index is 1070. The lowest BCUT2D eigenvalue weighted by Crippen LogP contribution is -2.49. The van der Waals surface area contributed by atoms with E-state index in [0.717, 1.165) is 30.8 Å². The number of aromatic nitrogens is 2. The second-order valence-corrected chi connectivity index (χ2v) is 10.3. The molecular weight excluding hydrogens is 447 g/mol. The normalized spacial score (nSPS) is 24.0. The van der Waals surface area contributed by atoms with Gasteiger partial charge in [0.2, 0.25) is 5.95 Å². The molecule has 1 N–H and O–H groups in total. The van der Waals surface area contributed by atoms with Crippen molar-refractivity contribution in [1.82, 2.24) is 19.8 Å². The van der Waals surface area contributed by atoms with Crippen molar-refractivity contribution in [3.05, 3.63) is 47.4 Å². The van der Waals surface area contributed by atoms with Crippen LogP contribution in [0, 0.1) is 11.7 Å². The fraction of sp³-hybridized carbons (Fsp3) is 0.577. The van der Waals surface area contributed by atoms with Gasteiger partial charge in [0.05, 0.1) is 12.1 Å². The van der Waals surface area contributed by atoms with E-state index < -0.39 is 6.09 Å². The van der Waals surface area contributed by atoms with Gasteiger partial charge in [0.1, 0.15) is 18.2 Å². The predicted octanol–water partition coefficient (Wildman–Crippen LogP) is 4.05. The first kappa shape index (κ1) is 23.9. The van der Waals surface area contributed by atoms with Crippen molar-refractivity contribution in [3.8, 4) is 0 Å². The minimum atomic E-state index is -0.395. The average molecular weight is 483 g/mol. The predicted molar refractivity (Wildman–Crippen MR) is 133 cm³/mol. The topological polar surface area (TPSA) is 73.8 Å². The van der Waals surface area contributed by atoms with Crippen LogP contribution < -0.4 is 10.2 Å². The molecule has 0 bridgehead atoms. The lowest BCUT2D eigenvalue weighted by atomic mass is 10.0. The Kier molecular flexibility index (Phi) is 6.88. The molecule has 0 spiro atoms. The molecule has 0 saturated carbocycles. The molecule has 35 heavy (non-hydrogen) atoms. The molecule has 0 aliphatic carbocycles. The van der Waals surface area contributed by atoms with Gasteiger partial charge in [-0.2, -0.15) is 4.98 Å². The third kappa shape index (κ3) is 5.11. The zero-order valence-corrected chi connectivity index (χ0v) is 20.8. The molecule has 1 aromatic carbocycles. The molecule has 188 valence electrons. The van der Waals surface area contributed by atoms with Gasteiger partial charge in [-0.25, -0.2) is 14.2 Å². The minimum Gasteiger partial charge on any atom is -0.447 e. The maximum atomic E-state index is 15.0. The van der Waals surface area contributed by atoms with Crippen LogP contribution in [0.15, 0.2) is 30.5 Å². The van der Waals surface area contributed by atoms with Crippen LogP contribution in [-0.2, 0) is 11.3 Å². The number of halogens is 1. The number of ether oxygens (including phenoxy) is 1. The summed E-state index contributed by atoms with van der Waals surface area (Å²) in [5.74, 6) is 0.936. The molecule has 2 aromatic rings. The highest BCUT2D eigenvalue weighted by molar-refractivity contribution is 5.89. The van der Waals surface area contributed by atoms with Gasteiger partial charge in [0.15, 0.2) is 0 Å². The van der Waals surface area contributed by atoms with Gasteiger partial charge < -0.3 is 10.1 Å². The summed E-state index contributed by atoms with van der Waals surface area (Å²) in [5, 5.41) is 3.25. The number of carbonyl (C=O) groups excluding carboxylic acids is 1. The van der Waals surface area contributed by atoms with Crippen molar-refractivity contribution in [2.45, 2.75) is 58.3 Å². The number of rotatable bonds is 7. The average Bonchev–Trinajstić information content (AvgIpc) is 3.46. The van der Waals surface area contributed by atoms with Gasteiger partial charge in [-0.3, -0.25) is 14.7 Å². The van der Waals surface area contributed by atoms with E-state index in [-0.39, 0.29) is 23.8 Å². The van der Waals surface area contributed by atoms with E-state index in [1.165, 1.54) is 19.4 Å². The van der Waals surface area contributed by atoms with Crippen LogP contribution in [0.4, 0.5) is 21.0 Å². The molecule has 1 amide bonds. The van der Waals surface area contributed by atoms with E-state index in [4.69, 9.17) is 4.74 Å². The number of carbonyl (C=O) groups is 1. The molecule has 0 radical (unpaired) electrons. The van der Waals surface area contributed by atoms with E-state index in [0.29, 0.717) is 31.0 Å². The Morgan fingerprint density at radius 1 is 1.20 bits per heavy atom. The Labute approximate surface area is 206 Å². The second-order valence-electron chi connectivity index (χ2n) is 10.3. The highest BCUT2D eigenvalue weighted by Gasteiger charge is 2.37. The monoisotopic (exact) mass is 482 g/mol. The number of amides is 1. The van der Waals surface area contributed by atoms with E-state index >= 15 is 4.39 Å². The maximum Gasteiger partial charge on any atom is 0.415 e. The van der Waals surface area contributed by atoms with Gasteiger partial charge in [0, 0.05) is 44.0 Å². The quantitative estimate of drug-likeness (QED) is 0.638. The lowest BCUT2D eigenvalue weighted by molar-refractivity contribution is 0.0985. The number of nitrogens with zero attached hydrogens (tertiary/aromatic N) is 5. The summed E-state index contributed by atoms with van der Waals surface area (Å²) >= 11 is 0. The molecular formula is C26H35FN6O2. The molecule has 3 fully saturated rings. The number of hydrogen-bond acceptors (Lipinski definition) is 7. The molecule has 3 saturated heterocycles. The SMILES string of the molecule is CC(Nc1nccc(N2C(=O)OCC2C(C)C)n1)c1ccc(CN2CCN3CCCC3C2)c(F)c1.